The van der Waals surface area contributed by atoms with Crippen LogP contribution in [-0.4, -0.2) is 35.1 Å². The van der Waals surface area contributed by atoms with E-state index in [4.69, 9.17) is 0 Å². The van der Waals surface area contributed by atoms with Gasteiger partial charge < -0.3 is 10.2 Å². The van der Waals surface area contributed by atoms with Crippen molar-refractivity contribution < 1.29 is 4.79 Å². The summed E-state index contributed by atoms with van der Waals surface area (Å²) in [5.74, 6) is 0.515. The molecular formula is C13H16N4OS. The minimum absolute atomic E-state index is 0.0262. The van der Waals surface area contributed by atoms with Crippen LogP contribution < -0.4 is 5.32 Å². The minimum Gasteiger partial charge on any atom is -0.372 e. The highest BCUT2D eigenvalue weighted by Crippen LogP contribution is 2.24. The highest BCUT2D eigenvalue weighted by Gasteiger charge is 2.20. The molecule has 1 amide bonds. The topological polar surface area (TPSA) is 58.1 Å². The lowest BCUT2D eigenvalue weighted by Gasteiger charge is -2.23. The van der Waals surface area contributed by atoms with Gasteiger partial charge in [-0.2, -0.15) is 0 Å². The van der Waals surface area contributed by atoms with Crippen LogP contribution in [0.3, 0.4) is 0 Å². The SMILES string of the molecule is CNc1ccc(C(=O)N(C)C(C)c2cccs2)nn1. The Balaban J connectivity index is 2.14. The van der Waals surface area contributed by atoms with Gasteiger partial charge in [0, 0.05) is 19.0 Å². The zero-order chi connectivity index (χ0) is 13.8. The van der Waals surface area contributed by atoms with Crippen molar-refractivity contribution >= 4 is 23.1 Å². The van der Waals surface area contributed by atoms with E-state index in [1.54, 1.807) is 42.5 Å². The monoisotopic (exact) mass is 276 g/mol. The van der Waals surface area contributed by atoms with Crippen molar-refractivity contribution in [2.75, 3.05) is 19.4 Å². The molecule has 0 aliphatic rings. The molecule has 0 aliphatic heterocycles. The number of nitrogens with one attached hydrogen (secondary N) is 1. The van der Waals surface area contributed by atoms with Gasteiger partial charge in [0.25, 0.3) is 5.91 Å². The first-order chi connectivity index (χ1) is 9.13. The Morgan fingerprint density at radius 2 is 2.16 bits per heavy atom. The van der Waals surface area contributed by atoms with Crippen LogP contribution in [0.15, 0.2) is 29.6 Å². The van der Waals surface area contributed by atoms with E-state index in [1.165, 1.54) is 0 Å². The highest BCUT2D eigenvalue weighted by molar-refractivity contribution is 7.10. The molecule has 100 valence electrons. The summed E-state index contributed by atoms with van der Waals surface area (Å²) in [4.78, 5) is 15.1. The number of nitrogens with zero attached hydrogens (tertiary/aromatic N) is 3. The molecule has 1 atom stereocenters. The molecule has 2 heterocycles. The van der Waals surface area contributed by atoms with Crippen molar-refractivity contribution in [3.63, 3.8) is 0 Å². The number of hydrogen-bond donors (Lipinski definition) is 1. The molecule has 6 heteroatoms. The van der Waals surface area contributed by atoms with E-state index in [0.717, 1.165) is 4.88 Å². The molecule has 1 unspecified atom stereocenters. The number of aromatic nitrogens is 2. The largest absolute Gasteiger partial charge is 0.372 e. The first kappa shape index (κ1) is 13.5. The number of hydrogen-bond acceptors (Lipinski definition) is 5. The molecule has 0 saturated carbocycles. The average Bonchev–Trinajstić information content (AvgIpc) is 2.99. The molecule has 0 spiro atoms. The van der Waals surface area contributed by atoms with Crippen LogP contribution in [0.4, 0.5) is 5.82 Å². The summed E-state index contributed by atoms with van der Waals surface area (Å²) >= 11 is 1.64. The maximum atomic E-state index is 12.3. The van der Waals surface area contributed by atoms with Crippen molar-refractivity contribution in [2.24, 2.45) is 0 Å². The molecule has 2 aromatic heterocycles. The number of carbonyl (C=O) groups excluding carboxylic acids is 1. The fourth-order valence-corrected chi connectivity index (χ4v) is 2.48. The Morgan fingerprint density at radius 3 is 2.68 bits per heavy atom. The number of carbonyl (C=O) groups is 1. The van der Waals surface area contributed by atoms with E-state index in [9.17, 15) is 4.79 Å². The van der Waals surface area contributed by atoms with Crippen molar-refractivity contribution in [1.29, 1.82) is 0 Å². The summed E-state index contributed by atoms with van der Waals surface area (Å²) < 4.78 is 0. The van der Waals surface area contributed by atoms with Gasteiger partial charge in [-0.3, -0.25) is 4.79 Å². The lowest BCUT2D eigenvalue weighted by atomic mass is 10.2. The molecule has 1 N–H and O–H groups in total. The molecule has 19 heavy (non-hydrogen) atoms. The first-order valence-corrected chi connectivity index (χ1v) is 6.83. The Morgan fingerprint density at radius 1 is 1.37 bits per heavy atom. The van der Waals surface area contributed by atoms with E-state index in [1.807, 2.05) is 24.4 Å². The quantitative estimate of drug-likeness (QED) is 0.931. The van der Waals surface area contributed by atoms with E-state index in [0.29, 0.717) is 11.5 Å². The van der Waals surface area contributed by atoms with Gasteiger partial charge in [-0.05, 0) is 30.5 Å². The lowest BCUT2D eigenvalue weighted by Crippen LogP contribution is -2.30. The fourth-order valence-electron chi connectivity index (χ4n) is 1.66. The van der Waals surface area contributed by atoms with Gasteiger partial charge in [0.1, 0.15) is 5.82 Å². The summed E-state index contributed by atoms with van der Waals surface area (Å²) in [6, 6.07) is 7.45. The van der Waals surface area contributed by atoms with Gasteiger partial charge in [-0.1, -0.05) is 6.07 Å². The zero-order valence-corrected chi connectivity index (χ0v) is 11.9. The third kappa shape index (κ3) is 2.90. The summed E-state index contributed by atoms with van der Waals surface area (Å²) in [7, 11) is 3.54. The molecule has 0 fully saturated rings. The first-order valence-electron chi connectivity index (χ1n) is 5.95. The number of amides is 1. The maximum Gasteiger partial charge on any atom is 0.274 e. The summed E-state index contributed by atoms with van der Waals surface area (Å²) in [5, 5.41) is 12.7. The minimum atomic E-state index is -0.129. The van der Waals surface area contributed by atoms with E-state index in [-0.39, 0.29) is 11.9 Å². The molecule has 0 bridgehead atoms. The average molecular weight is 276 g/mol. The molecular weight excluding hydrogens is 260 g/mol. The van der Waals surface area contributed by atoms with Crippen molar-refractivity contribution in [2.45, 2.75) is 13.0 Å². The van der Waals surface area contributed by atoms with Crippen LogP contribution in [0.5, 0.6) is 0 Å². The Kier molecular flexibility index (Phi) is 4.11. The predicted octanol–water partition coefficient (Wildman–Crippen LogP) is 2.41. The van der Waals surface area contributed by atoms with Crippen molar-refractivity contribution in [3.8, 4) is 0 Å². The van der Waals surface area contributed by atoms with Gasteiger partial charge in [-0.15, -0.1) is 21.5 Å². The van der Waals surface area contributed by atoms with Gasteiger partial charge in [0.05, 0.1) is 6.04 Å². The number of rotatable bonds is 4. The normalized spacial score (nSPS) is 11.9. The molecule has 0 aliphatic carbocycles. The fraction of sp³-hybridized carbons (Fsp3) is 0.308. The van der Waals surface area contributed by atoms with Crippen LogP contribution >= 0.6 is 11.3 Å². The second-order valence-electron chi connectivity index (χ2n) is 4.16. The van der Waals surface area contributed by atoms with Crippen molar-refractivity contribution in [1.82, 2.24) is 15.1 Å². The van der Waals surface area contributed by atoms with Crippen molar-refractivity contribution in [3.05, 3.63) is 40.2 Å². The van der Waals surface area contributed by atoms with Crippen LogP contribution in [-0.2, 0) is 0 Å². The van der Waals surface area contributed by atoms with E-state index < -0.39 is 0 Å². The summed E-state index contributed by atoms with van der Waals surface area (Å²) in [5.41, 5.74) is 0.352. The molecule has 5 nitrogen and oxygen atoms in total. The van der Waals surface area contributed by atoms with Gasteiger partial charge in [0.15, 0.2) is 5.69 Å². The zero-order valence-electron chi connectivity index (χ0n) is 11.1. The molecule has 0 aromatic carbocycles. The Hall–Kier alpha value is -1.95. The smallest absolute Gasteiger partial charge is 0.274 e. The van der Waals surface area contributed by atoms with Crippen LogP contribution in [0.1, 0.15) is 28.3 Å². The van der Waals surface area contributed by atoms with Gasteiger partial charge >= 0.3 is 0 Å². The highest BCUT2D eigenvalue weighted by atomic mass is 32.1. The Labute approximate surface area is 116 Å². The molecule has 0 radical (unpaired) electrons. The molecule has 2 aromatic rings. The van der Waals surface area contributed by atoms with E-state index >= 15 is 0 Å². The summed E-state index contributed by atoms with van der Waals surface area (Å²) in [6.07, 6.45) is 0. The summed E-state index contributed by atoms with van der Waals surface area (Å²) in [6.45, 7) is 2.00. The second kappa shape index (κ2) is 5.79. The van der Waals surface area contributed by atoms with Crippen LogP contribution in [0.25, 0.3) is 0 Å². The number of anilines is 1. The number of thiophene rings is 1. The van der Waals surface area contributed by atoms with Crippen LogP contribution in [0, 0.1) is 0 Å². The third-order valence-corrected chi connectivity index (χ3v) is 4.04. The second-order valence-corrected chi connectivity index (χ2v) is 5.14. The Bertz CT molecular complexity index is 538. The standard InChI is InChI=1S/C13H16N4OS/c1-9(11-5-4-8-19-11)17(3)13(18)10-6-7-12(14-2)16-15-10/h4-9H,1-3H3,(H,14,16). The molecule has 0 saturated heterocycles. The molecule has 2 rings (SSSR count). The third-order valence-electron chi connectivity index (χ3n) is 3.00. The van der Waals surface area contributed by atoms with Gasteiger partial charge in [0.2, 0.25) is 0 Å². The lowest BCUT2D eigenvalue weighted by molar-refractivity contribution is 0.0738. The van der Waals surface area contributed by atoms with E-state index in [2.05, 4.69) is 15.5 Å². The van der Waals surface area contributed by atoms with Crippen LogP contribution in [0.2, 0.25) is 0 Å². The maximum absolute atomic E-state index is 12.3. The van der Waals surface area contributed by atoms with Gasteiger partial charge in [-0.25, -0.2) is 0 Å². The predicted molar refractivity (Wildman–Crippen MR) is 76.4 cm³/mol.